The van der Waals surface area contributed by atoms with E-state index >= 15 is 0 Å². The lowest BCUT2D eigenvalue weighted by atomic mass is 10.1. The summed E-state index contributed by atoms with van der Waals surface area (Å²) in [4.78, 5) is 41.5. The summed E-state index contributed by atoms with van der Waals surface area (Å²) in [6.45, 7) is 6.13. The van der Waals surface area contributed by atoms with Gasteiger partial charge in [0, 0.05) is 69.3 Å². The molecule has 0 atom stereocenters. The van der Waals surface area contributed by atoms with Crippen molar-refractivity contribution < 1.29 is 19.2 Å². The molecule has 1 aromatic heterocycles. The zero-order valence-corrected chi connectivity index (χ0v) is 28.0. The monoisotopic (exact) mass is 684 g/mol. The van der Waals surface area contributed by atoms with Gasteiger partial charge in [-0.25, -0.2) is 0 Å². The molecule has 4 aromatic rings. The second-order valence-electron chi connectivity index (χ2n) is 11.6. The van der Waals surface area contributed by atoms with Crippen LogP contribution in [0.5, 0.6) is 0 Å². The SMILES string of the molecule is NCCOCCOCCNC(=O)Cc1ccc(Nc2nc(NCCc3ccccc3)nc(N3CCN(c4ccc([N+](=O)[O-])cc4)CC3)n2)cc1. The van der Waals surface area contributed by atoms with Crippen LogP contribution in [0.25, 0.3) is 0 Å². The lowest BCUT2D eigenvalue weighted by Gasteiger charge is -2.36. The third-order valence-electron chi connectivity index (χ3n) is 7.93. The number of hydrogen-bond donors (Lipinski definition) is 4. The van der Waals surface area contributed by atoms with Gasteiger partial charge < -0.3 is 41.0 Å². The molecule has 1 fully saturated rings. The van der Waals surface area contributed by atoms with Crippen molar-refractivity contribution in [1.29, 1.82) is 0 Å². The topological polar surface area (TPSA) is 186 Å². The van der Waals surface area contributed by atoms with E-state index in [4.69, 9.17) is 25.2 Å². The maximum absolute atomic E-state index is 12.4. The van der Waals surface area contributed by atoms with Gasteiger partial charge in [-0.1, -0.05) is 42.5 Å². The Hall–Kier alpha value is -5.38. The molecule has 0 unspecified atom stereocenters. The van der Waals surface area contributed by atoms with Crippen LogP contribution in [0.3, 0.4) is 0 Å². The molecule has 1 amide bonds. The molecule has 15 nitrogen and oxygen atoms in total. The average Bonchev–Trinajstić information content (AvgIpc) is 3.14. The number of nitrogens with one attached hydrogen (secondary N) is 3. The van der Waals surface area contributed by atoms with Crippen LogP contribution in [0.1, 0.15) is 11.1 Å². The largest absolute Gasteiger partial charge is 0.378 e. The minimum atomic E-state index is -0.392. The molecular formula is C35H44N10O5. The van der Waals surface area contributed by atoms with Crippen molar-refractivity contribution in [1.82, 2.24) is 20.3 Å². The maximum Gasteiger partial charge on any atom is 0.269 e. The molecule has 3 aromatic carbocycles. The van der Waals surface area contributed by atoms with E-state index in [1.54, 1.807) is 12.1 Å². The fourth-order valence-corrected chi connectivity index (χ4v) is 5.31. The van der Waals surface area contributed by atoms with Gasteiger partial charge in [-0.3, -0.25) is 14.9 Å². The third kappa shape index (κ3) is 11.4. The second-order valence-corrected chi connectivity index (χ2v) is 11.6. The molecule has 1 aliphatic rings. The van der Waals surface area contributed by atoms with Crippen LogP contribution in [0.4, 0.5) is 34.9 Å². The molecular weight excluding hydrogens is 640 g/mol. The van der Waals surface area contributed by atoms with E-state index in [9.17, 15) is 14.9 Å². The quantitative estimate of drug-likeness (QED) is 0.0642. The standard InChI is InChI=1S/C35H44N10O5/c36-15-22-49-24-25-50-23-17-37-32(46)26-28-6-8-29(9-7-28)39-34-40-33(38-16-14-27-4-2-1-3-5-27)41-35(42-34)44-20-18-43(19-21-44)30-10-12-31(13-11-30)45(47)48/h1-13H,14-26,36H2,(H,37,46)(H2,38,39,40,41,42). The van der Waals surface area contributed by atoms with E-state index in [0.29, 0.717) is 90.1 Å². The highest BCUT2D eigenvalue weighted by molar-refractivity contribution is 5.78. The van der Waals surface area contributed by atoms with Crippen molar-refractivity contribution in [2.75, 3.05) is 92.7 Å². The number of rotatable bonds is 19. The van der Waals surface area contributed by atoms with Crippen molar-refractivity contribution in [2.45, 2.75) is 12.8 Å². The van der Waals surface area contributed by atoms with E-state index < -0.39 is 4.92 Å². The first-order valence-electron chi connectivity index (χ1n) is 16.7. The van der Waals surface area contributed by atoms with Gasteiger partial charge >= 0.3 is 0 Å². The van der Waals surface area contributed by atoms with Crippen LogP contribution in [0.2, 0.25) is 0 Å². The number of carbonyl (C=O) groups excluding carboxylic acids is 1. The van der Waals surface area contributed by atoms with Gasteiger partial charge in [-0.15, -0.1) is 0 Å². The van der Waals surface area contributed by atoms with Gasteiger partial charge in [-0.2, -0.15) is 15.0 Å². The fourth-order valence-electron chi connectivity index (χ4n) is 5.31. The number of nitrogens with two attached hydrogens (primary N) is 1. The molecule has 1 aliphatic heterocycles. The highest BCUT2D eigenvalue weighted by atomic mass is 16.6. The van der Waals surface area contributed by atoms with Gasteiger partial charge in [-0.05, 0) is 41.8 Å². The van der Waals surface area contributed by atoms with Crippen molar-refractivity contribution >= 4 is 40.8 Å². The van der Waals surface area contributed by atoms with E-state index in [2.05, 4.69) is 42.9 Å². The van der Waals surface area contributed by atoms with Gasteiger partial charge in [0.15, 0.2) is 0 Å². The summed E-state index contributed by atoms with van der Waals surface area (Å²) < 4.78 is 10.7. The van der Waals surface area contributed by atoms with Crippen molar-refractivity contribution in [3.63, 3.8) is 0 Å². The summed E-state index contributed by atoms with van der Waals surface area (Å²) >= 11 is 0. The molecule has 2 heterocycles. The number of nitrogens with zero attached hydrogens (tertiary/aromatic N) is 6. The zero-order valence-electron chi connectivity index (χ0n) is 28.0. The molecule has 15 heteroatoms. The first-order valence-corrected chi connectivity index (χ1v) is 16.7. The molecule has 0 aliphatic carbocycles. The molecule has 264 valence electrons. The van der Waals surface area contributed by atoms with Crippen LogP contribution in [-0.4, -0.2) is 98.0 Å². The lowest BCUT2D eigenvalue weighted by Crippen LogP contribution is -2.47. The zero-order chi connectivity index (χ0) is 35.0. The lowest BCUT2D eigenvalue weighted by molar-refractivity contribution is -0.384. The summed E-state index contributed by atoms with van der Waals surface area (Å²) in [7, 11) is 0. The Labute approximate surface area is 291 Å². The maximum atomic E-state index is 12.4. The Kier molecular flexibility index (Phi) is 13.6. The molecule has 50 heavy (non-hydrogen) atoms. The van der Waals surface area contributed by atoms with Crippen molar-refractivity contribution in [3.05, 3.63) is 100 Å². The highest BCUT2D eigenvalue weighted by Crippen LogP contribution is 2.23. The number of aromatic nitrogens is 3. The first-order chi connectivity index (χ1) is 24.5. The summed E-state index contributed by atoms with van der Waals surface area (Å²) in [5, 5.41) is 20.6. The number of ether oxygens (including phenoxy) is 2. The normalized spacial score (nSPS) is 12.8. The van der Waals surface area contributed by atoms with Gasteiger partial charge in [0.1, 0.15) is 0 Å². The summed E-state index contributed by atoms with van der Waals surface area (Å²) in [5.41, 5.74) is 9.24. The van der Waals surface area contributed by atoms with Gasteiger partial charge in [0.05, 0.1) is 37.8 Å². The van der Waals surface area contributed by atoms with E-state index in [0.717, 1.165) is 23.4 Å². The summed E-state index contributed by atoms with van der Waals surface area (Å²) in [6, 6.07) is 24.4. The molecule has 0 bridgehead atoms. The Morgan fingerprint density at radius 2 is 1.46 bits per heavy atom. The first kappa shape index (κ1) is 35.9. The minimum Gasteiger partial charge on any atom is -0.378 e. The minimum absolute atomic E-state index is 0.0726. The van der Waals surface area contributed by atoms with Crippen LogP contribution < -0.4 is 31.5 Å². The number of carbonyl (C=O) groups is 1. The number of anilines is 5. The van der Waals surface area contributed by atoms with E-state index in [1.807, 2.05) is 42.5 Å². The number of nitro benzene ring substituents is 1. The van der Waals surface area contributed by atoms with Crippen LogP contribution in [0, 0.1) is 10.1 Å². The number of nitro groups is 1. The predicted molar refractivity (Wildman–Crippen MR) is 193 cm³/mol. The Bertz CT molecular complexity index is 1640. The van der Waals surface area contributed by atoms with E-state index in [-0.39, 0.29) is 18.0 Å². The number of benzene rings is 3. The summed E-state index contributed by atoms with van der Waals surface area (Å²) in [6.07, 6.45) is 1.06. The molecule has 0 saturated carbocycles. The average molecular weight is 685 g/mol. The predicted octanol–water partition coefficient (Wildman–Crippen LogP) is 3.16. The smallest absolute Gasteiger partial charge is 0.269 e. The molecule has 0 spiro atoms. The fraction of sp³-hybridized carbons (Fsp3) is 0.371. The van der Waals surface area contributed by atoms with Crippen LogP contribution in [0.15, 0.2) is 78.9 Å². The molecule has 1 saturated heterocycles. The van der Waals surface area contributed by atoms with Gasteiger partial charge in [0.25, 0.3) is 5.69 Å². The molecule has 5 N–H and O–H groups in total. The number of piperazine rings is 1. The van der Waals surface area contributed by atoms with Crippen molar-refractivity contribution in [2.24, 2.45) is 5.73 Å². The van der Waals surface area contributed by atoms with Crippen LogP contribution in [-0.2, 0) is 27.1 Å². The number of amides is 1. The number of hydrogen-bond acceptors (Lipinski definition) is 13. The molecule has 0 radical (unpaired) electrons. The van der Waals surface area contributed by atoms with Gasteiger partial charge in [0.2, 0.25) is 23.8 Å². The Morgan fingerprint density at radius 1 is 0.780 bits per heavy atom. The highest BCUT2D eigenvalue weighted by Gasteiger charge is 2.21. The Balaban J connectivity index is 1.18. The molecule has 5 rings (SSSR count). The Morgan fingerprint density at radius 3 is 2.16 bits per heavy atom. The third-order valence-corrected chi connectivity index (χ3v) is 7.93. The van der Waals surface area contributed by atoms with Crippen molar-refractivity contribution in [3.8, 4) is 0 Å². The number of non-ortho nitro benzene ring substituents is 1. The van der Waals surface area contributed by atoms with E-state index in [1.165, 1.54) is 17.7 Å². The second kappa shape index (κ2) is 19.0. The van der Waals surface area contributed by atoms with Crippen LogP contribution >= 0.6 is 0 Å². The summed E-state index contributed by atoms with van der Waals surface area (Å²) in [5.74, 6) is 1.32.